The largest absolute Gasteiger partial charge is 0.409 e. The van der Waals surface area contributed by atoms with E-state index in [1.807, 2.05) is 0 Å². The maximum atomic E-state index is 12.4. The highest BCUT2D eigenvalue weighted by Gasteiger charge is 2.27. The van der Waals surface area contributed by atoms with E-state index >= 15 is 0 Å². The Balaban J connectivity index is 4.90. The number of hydrogen-bond acceptors (Lipinski definition) is 5. The van der Waals surface area contributed by atoms with Crippen LogP contribution >= 0.6 is 0 Å². The van der Waals surface area contributed by atoms with Crippen LogP contribution in [-0.4, -0.2) is 68.0 Å². The minimum Gasteiger partial charge on any atom is -0.409 e. The molecule has 8 nitrogen and oxygen atoms in total. The molecule has 0 fully saturated rings. The fraction of sp³-hybridized carbons (Fsp3) is 0.900. The molecule has 0 atom stereocenters. The third-order valence-corrected chi connectivity index (χ3v) is 4.84. The Hall–Kier alpha value is -0.900. The number of rotatable bonds is 10. The standard InChI is InChI=1S/C10H24N4O4S/c1-4-13(5-2)19(16,17)14(8-9-18-3)7-6-10(11)12-15/h15H,4-9H2,1-3H3,(H2,11,12). The molecule has 19 heavy (non-hydrogen) atoms. The van der Waals surface area contributed by atoms with Crippen LogP contribution in [0.15, 0.2) is 5.16 Å². The summed E-state index contributed by atoms with van der Waals surface area (Å²) in [7, 11) is -2.04. The van der Waals surface area contributed by atoms with Crippen LogP contribution < -0.4 is 5.73 Å². The summed E-state index contributed by atoms with van der Waals surface area (Å²) in [5.74, 6) is -0.00263. The molecule has 0 radical (unpaired) electrons. The van der Waals surface area contributed by atoms with Gasteiger partial charge >= 0.3 is 0 Å². The molecule has 0 saturated carbocycles. The van der Waals surface area contributed by atoms with E-state index in [0.29, 0.717) is 13.1 Å². The van der Waals surface area contributed by atoms with Crippen LogP contribution in [0.5, 0.6) is 0 Å². The molecular formula is C10H24N4O4S. The van der Waals surface area contributed by atoms with Crippen molar-refractivity contribution < 1.29 is 18.4 Å². The van der Waals surface area contributed by atoms with E-state index in [9.17, 15) is 8.42 Å². The second kappa shape index (κ2) is 9.08. The van der Waals surface area contributed by atoms with Gasteiger partial charge in [0.2, 0.25) is 0 Å². The van der Waals surface area contributed by atoms with E-state index < -0.39 is 10.2 Å². The average Bonchev–Trinajstić information content (AvgIpc) is 2.39. The van der Waals surface area contributed by atoms with Crippen LogP contribution in [0.3, 0.4) is 0 Å². The summed E-state index contributed by atoms with van der Waals surface area (Å²) in [6.45, 7) is 5.01. The molecule has 0 bridgehead atoms. The summed E-state index contributed by atoms with van der Waals surface area (Å²) < 4.78 is 32.3. The van der Waals surface area contributed by atoms with Crippen LogP contribution in [0.1, 0.15) is 20.3 Å². The molecule has 9 heteroatoms. The lowest BCUT2D eigenvalue weighted by Gasteiger charge is -2.28. The maximum Gasteiger partial charge on any atom is 0.282 e. The number of nitrogens with two attached hydrogens (primary N) is 1. The minimum atomic E-state index is -3.54. The highest BCUT2D eigenvalue weighted by atomic mass is 32.2. The van der Waals surface area contributed by atoms with Gasteiger partial charge in [0, 0.05) is 39.7 Å². The van der Waals surface area contributed by atoms with Gasteiger partial charge in [-0.1, -0.05) is 19.0 Å². The van der Waals surface area contributed by atoms with Crippen molar-refractivity contribution in [2.75, 3.05) is 39.9 Å². The van der Waals surface area contributed by atoms with Crippen molar-refractivity contribution in [3.05, 3.63) is 0 Å². The van der Waals surface area contributed by atoms with Crippen LogP contribution in [0.4, 0.5) is 0 Å². The van der Waals surface area contributed by atoms with Gasteiger partial charge in [-0.2, -0.15) is 17.0 Å². The molecule has 114 valence electrons. The van der Waals surface area contributed by atoms with Crippen molar-refractivity contribution in [1.82, 2.24) is 8.61 Å². The van der Waals surface area contributed by atoms with Crippen LogP contribution in [0.25, 0.3) is 0 Å². The highest BCUT2D eigenvalue weighted by molar-refractivity contribution is 7.86. The molecule has 0 aromatic rings. The van der Waals surface area contributed by atoms with E-state index in [-0.39, 0.29) is 32.0 Å². The summed E-state index contributed by atoms with van der Waals surface area (Å²) in [5.41, 5.74) is 5.37. The number of nitrogens with zero attached hydrogens (tertiary/aromatic N) is 3. The molecule has 0 rings (SSSR count). The third-order valence-electron chi connectivity index (χ3n) is 2.65. The van der Waals surface area contributed by atoms with Gasteiger partial charge < -0.3 is 15.7 Å². The molecular weight excluding hydrogens is 272 g/mol. The van der Waals surface area contributed by atoms with Gasteiger partial charge in [-0.05, 0) is 0 Å². The van der Waals surface area contributed by atoms with Crippen molar-refractivity contribution in [3.8, 4) is 0 Å². The first-order valence-corrected chi connectivity index (χ1v) is 7.54. The molecule has 0 unspecified atom stereocenters. The topological polar surface area (TPSA) is 108 Å². The fourth-order valence-corrected chi connectivity index (χ4v) is 3.14. The minimum absolute atomic E-state index is 0.00263. The molecule has 3 N–H and O–H groups in total. The number of oxime groups is 1. The molecule has 0 aromatic carbocycles. The lowest BCUT2D eigenvalue weighted by Crippen LogP contribution is -2.46. The van der Waals surface area contributed by atoms with E-state index in [4.69, 9.17) is 15.7 Å². The second-order valence-corrected chi connectivity index (χ2v) is 5.75. The van der Waals surface area contributed by atoms with Gasteiger partial charge in [0.1, 0.15) is 5.84 Å². The molecule has 0 saturated heterocycles. The van der Waals surface area contributed by atoms with Gasteiger partial charge in [-0.25, -0.2) is 0 Å². The lowest BCUT2D eigenvalue weighted by molar-refractivity contribution is 0.176. The third kappa shape index (κ3) is 5.72. The van der Waals surface area contributed by atoms with Crippen molar-refractivity contribution in [2.45, 2.75) is 20.3 Å². The smallest absolute Gasteiger partial charge is 0.282 e. The molecule has 0 amide bonds. The number of hydrogen-bond donors (Lipinski definition) is 2. The van der Waals surface area contributed by atoms with Crippen LogP contribution in [0, 0.1) is 0 Å². The van der Waals surface area contributed by atoms with Crippen molar-refractivity contribution in [3.63, 3.8) is 0 Å². The van der Waals surface area contributed by atoms with Gasteiger partial charge in [-0.15, -0.1) is 0 Å². The summed E-state index contributed by atoms with van der Waals surface area (Å²) >= 11 is 0. The molecule has 0 heterocycles. The number of ether oxygens (including phenoxy) is 1. The normalized spacial score (nSPS) is 13.4. The monoisotopic (exact) mass is 296 g/mol. The molecule has 0 spiro atoms. The predicted molar refractivity (Wildman–Crippen MR) is 73.3 cm³/mol. The first-order valence-electron chi connectivity index (χ1n) is 6.14. The van der Waals surface area contributed by atoms with E-state index in [1.165, 1.54) is 15.7 Å². The Labute approximate surface area is 115 Å². The molecule has 0 aliphatic heterocycles. The SMILES string of the molecule is CCN(CC)S(=O)(=O)N(CCOC)CCC(N)=NO. The Bertz CT molecular complexity index is 368. The maximum absolute atomic E-state index is 12.4. The van der Waals surface area contributed by atoms with Gasteiger partial charge in [0.25, 0.3) is 10.2 Å². The van der Waals surface area contributed by atoms with Crippen LogP contribution in [-0.2, 0) is 14.9 Å². The second-order valence-electron chi connectivity index (χ2n) is 3.83. The highest BCUT2D eigenvalue weighted by Crippen LogP contribution is 2.09. The average molecular weight is 296 g/mol. The molecule has 0 aliphatic carbocycles. The zero-order valence-corrected chi connectivity index (χ0v) is 12.6. The number of amidine groups is 1. The van der Waals surface area contributed by atoms with E-state index in [0.717, 1.165) is 0 Å². The van der Waals surface area contributed by atoms with Crippen molar-refractivity contribution in [1.29, 1.82) is 0 Å². The zero-order valence-electron chi connectivity index (χ0n) is 11.7. The summed E-state index contributed by atoms with van der Waals surface area (Å²) in [4.78, 5) is 0. The molecule has 0 aromatic heterocycles. The van der Waals surface area contributed by atoms with Gasteiger partial charge in [0.05, 0.1) is 6.61 Å². The first-order chi connectivity index (χ1) is 8.93. The quantitative estimate of drug-likeness (QED) is 0.248. The Morgan fingerprint density at radius 2 is 1.84 bits per heavy atom. The Kier molecular flexibility index (Phi) is 8.65. The van der Waals surface area contributed by atoms with Crippen molar-refractivity contribution in [2.24, 2.45) is 10.9 Å². The van der Waals surface area contributed by atoms with E-state index in [1.54, 1.807) is 13.8 Å². The summed E-state index contributed by atoms with van der Waals surface area (Å²) in [5, 5.41) is 11.3. The Morgan fingerprint density at radius 3 is 2.26 bits per heavy atom. The summed E-state index contributed by atoms with van der Waals surface area (Å²) in [6, 6.07) is 0. The molecule has 0 aliphatic rings. The Morgan fingerprint density at radius 1 is 1.26 bits per heavy atom. The van der Waals surface area contributed by atoms with Crippen LogP contribution in [0.2, 0.25) is 0 Å². The lowest BCUT2D eigenvalue weighted by atomic mass is 10.4. The fourth-order valence-electron chi connectivity index (χ4n) is 1.54. The van der Waals surface area contributed by atoms with Gasteiger partial charge in [-0.3, -0.25) is 0 Å². The predicted octanol–water partition coefficient (Wildman–Crippen LogP) is -0.342. The first kappa shape index (κ1) is 18.1. The number of methoxy groups -OCH3 is 1. The zero-order chi connectivity index (χ0) is 14.9. The van der Waals surface area contributed by atoms with E-state index in [2.05, 4.69) is 5.16 Å². The van der Waals surface area contributed by atoms with Crippen molar-refractivity contribution >= 4 is 16.0 Å². The van der Waals surface area contributed by atoms with Gasteiger partial charge in [0.15, 0.2) is 0 Å². The summed E-state index contributed by atoms with van der Waals surface area (Å²) in [6.07, 6.45) is 0.167.